The van der Waals surface area contributed by atoms with E-state index < -0.39 is 0 Å². The van der Waals surface area contributed by atoms with Gasteiger partial charge in [0.1, 0.15) is 18.7 Å². The second-order valence-corrected chi connectivity index (χ2v) is 4.76. The minimum absolute atomic E-state index is 0.0122. The second kappa shape index (κ2) is 5.52. The maximum Gasteiger partial charge on any atom is 0.148 e. The average Bonchev–Trinajstić information content (AvgIpc) is 2.93. The SMILES string of the molecule is CCc1nn(Cc2ncnn2C)c(CC)c1C(C)N. The minimum Gasteiger partial charge on any atom is -0.324 e. The average molecular weight is 262 g/mol. The number of rotatable bonds is 5. The Morgan fingerprint density at radius 1 is 1.32 bits per heavy atom. The molecule has 0 fully saturated rings. The molecule has 0 aromatic carbocycles. The summed E-state index contributed by atoms with van der Waals surface area (Å²) in [4.78, 5) is 4.26. The molecule has 2 rings (SSSR count). The Balaban J connectivity index is 2.43. The van der Waals surface area contributed by atoms with Crippen LogP contribution in [0.1, 0.15) is 49.6 Å². The van der Waals surface area contributed by atoms with Crippen molar-refractivity contribution in [2.24, 2.45) is 12.8 Å². The van der Waals surface area contributed by atoms with Crippen LogP contribution in [0.4, 0.5) is 0 Å². The first kappa shape index (κ1) is 13.7. The van der Waals surface area contributed by atoms with Gasteiger partial charge in [-0.25, -0.2) is 4.98 Å². The van der Waals surface area contributed by atoms with Gasteiger partial charge in [-0.2, -0.15) is 10.2 Å². The van der Waals surface area contributed by atoms with E-state index in [9.17, 15) is 0 Å². The van der Waals surface area contributed by atoms with Crippen molar-refractivity contribution < 1.29 is 0 Å². The van der Waals surface area contributed by atoms with Crippen LogP contribution < -0.4 is 5.73 Å². The van der Waals surface area contributed by atoms with Crippen molar-refractivity contribution in [3.05, 3.63) is 29.1 Å². The maximum absolute atomic E-state index is 6.10. The third-order valence-electron chi connectivity index (χ3n) is 3.40. The largest absolute Gasteiger partial charge is 0.324 e. The summed E-state index contributed by atoms with van der Waals surface area (Å²) in [5.41, 5.74) is 9.58. The normalized spacial score (nSPS) is 12.9. The van der Waals surface area contributed by atoms with E-state index in [1.54, 1.807) is 11.0 Å². The highest BCUT2D eigenvalue weighted by Crippen LogP contribution is 2.22. The molecule has 0 aliphatic rings. The van der Waals surface area contributed by atoms with Crippen LogP contribution in [0.15, 0.2) is 6.33 Å². The summed E-state index contributed by atoms with van der Waals surface area (Å²) in [6.45, 7) is 6.90. The van der Waals surface area contributed by atoms with Crippen LogP contribution in [-0.2, 0) is 26.4 Å². The molecule has 0 aliphatic heterocycles. The van der Waals surface area contributed by atoms with Crippen molar-refractivity contribution in [2.45, 2.75) is 46.2 Å². The molecule has 2 N–H and O–H groups in total. The summed E-state index contributed by atoms with van der Waals surface area (Å²) in [5.74, 6) is 0.899. The van der Waals surface area contributed by atoms with Gasteiger partial charge in [0.2, 0.25) is 0 Å². The van der Waals surface area contributed by atoms with Crippen molar-refractivity contribution in [3.63, 3.8) is 0 Å². The van der Waals surface area contributed by atoms with Crippen LogP contribution in [0.2, 0.25) is 0 Å². The Morgan fingerprint density at radius 3 is 2.53 bits per heavy atom. The third-order valence-corrected chi connectivity index (χ3v) is 3.40. The fourth-order valence-electron chi connectivity index (χ4n) is 2.45. The number of nitrogens with two attached hydrogens (primary N) is 1. The van der Waals surface area contributed by atoms with E-state index in [0.29, 0.717) is 6.54 Å². The van der Waals surface area contributed by atoms with Crippen LogP contribution >= 0.6 is 0 Å². The third kappa shape index (κ3) is 2.53. The number of aryl methyl sites for hydroxylation is 2. The molecule has 0 spiro atoms. The van der Waals surface area contributed by atoms with E-state index in [-0.39, 0.29) is 6.04 Å². The molecule has 19 heavy (non-hydrogen) atoms. The lowest BCUT2D eigenvalue weighted by Gasteiger charge is -2.10. The monoisotopic (exact) mass is 262 g/mol. The van der Waals surface area contributed by atoms with E-state index >= 15 is 0 Å². The molecule has 6 heteroatoms. The molecule has 6 nitrogen and oxygen atoms in total. The number of nitrogens with zero attached hydrogens (tertiary/aromatic N) is 5. The van der Waals surface area contributed by atoms with Crippen LogP contribution in [0.25, 0.3) is 0 Å². The summed E-state index contributed by atoms with van der Waals surface area (Å²) < 4.78 is 3.79. The molecule has 104 valence electrons. The van der Waals surface area contributed by atoms with E-state index in [0.717, 1.165) is 24.4 Å². The van der Waals surface area contributed by atoms with Crippen molar-refractivity contribution in [1.29, 1.82) is 0 Å². The topological polar surface area (TPSA) is 74.5 Å². The van der Waals surface area contributed by atoms with Crippen LogP contribution in [-0.4, -0.2) is 24.5 Å². The Labute approximate surface area is 113 Å². The van der Waals surface area contributed by atoms with Gasteiger partial charge < -0.3 is 5.73 Å². The molecule has 0 saturated carbocycles. The van der Waals surface area contributed by atoms with Gasteiger partial charge in [0.25, 0.3) is 0 Å². The fourth-order valence-corrected chi connectivity index (χ4v) is 2.45. The fraction of sp³-hybridized carbons (Fsp3) is 0.615. The van der Waals surface area contributed by atoms with Gasteiger partial charge in [-0.1, -0.05) is 13.8 Å². The Hall–Kier alpha value is -1.69. The van der Waals surface area contributed by atoms with Gasteiger partial charge in [-0.05, 0) is 19.8 Å². The summed E-state index contributed by atoms with van der Waals surface area (Å²) in [6.07, 6.45) is 3.38. The lowest BCUT2D eigenvalue weighted by atomic mass is 10.0. The predicted molar refractivity (Wildman–Crippen MR) is 73.7 cm³/mol. The molecular weight excluding hydrogens is 240 g/mol. The first-order valence-corrected chi connectivity index (χ1v) is 6.75. The van der Waals surface area contributed by atoms with Gasteiger partial charge in [0.15, 0.2) is 0 Å². The van der Waals surface area contributed by atoms with Crippen molar-refractivity contribution in [1.82, 2.24) is 24.5 Å². The zero-order chi connectivity index (χ0) is 14.0. The van der Waals surface area contributed by atoms with E-state index in [1.807, 2.05) is 18.7 Å². The molecule has 2 aromatic heterocycles. The highest BCUT2D eigenvalue weighted by Gasteiger charge is 2.19. The molecule has 0 radical (unpaired) electrons. The maximum atomic E-state index is 6.10. The van der Waals surface area contributed by atoms with Crippen molar-refractivity contribution in [2.75, 3.05) is 0 Å². The van der Waals surface area contributed by atoms with Gasteiger partial charge in [-0.3, -0.25) is 9.36 Å². The van der Waals surface area contributed by atoms with Gasteiger partial charge >= 0.3 is 0 Å². The van der Waals surface area contributed by atoms with Crippen LogP contribution in [0.5, 0.6) is 0 Å². The van der Waals surface area contributed by atoms with E-state index in [1.165, 1.54) is 11.3 Å². The second-order valence-electron chi connectivity index (χ2n) is 4.76. The molecule has 1 unspecified atom stereocenters. The molecule has 0 saturated heterocycles. The first-order chi connectivity index (χ1) is 9.08. The standard InChI is InChI=1S/C13H22N6/c1-5-10-13(9(3)14)11(6-2)19(17-10)7-12-15-8-16-18(12)4/h8-9H,5-7,14H2,1-4H3. The zero-order valence-corrected chi connectivity index (χ0v) is 12.1. The Kier molecular flexibility index (Phi) is 3.99. The van der Waals surface area contributed by atoms with Crippen molar-refractivity contribution >= 4 is 0 Å². The van der Waals surface area contributed by atoms with Gasteiger partial charge in [0, 0.05) is 24.3 Å². The molecule has 1 atom stereocenters. The summed E-state index contributed by atoms with van der Waals surface area (Å²) >= 11 is 0. The Morgan fingerprint density at radius 2 is 2.05 bits per heavy atom. The van der Waals surface area contributed by atoms with E-state index in [2.05, 4.69) is 23.9 Å². The number of hydrogen-bond acceptors (Lipinski definition) is 4. The molecule has 0 aliphatic carbocycles. The number of hydrogen-bond donors (Lipinski definition) is 1. The summed E-state index contributed by atoms with van der Waals surface area (Å²) in [7, 11) is 1.89. The van der Waals surface area contributed by atoms with Gasteiger partial charge in [-0.15, -0.1) is 0 Å². The molecule has 2 aromatic rings. The zero-order valence-electron chi connectivity index (χ0n) is 12.1. The predicted octanol–water partition coefficient (Wildman–Crippen LogP) is 1.20. The minimum atomic E-state index is 0.0122. The Bertz CT molecular complexity index is 551. The number of aromatic nitrogens is 5. The van der Waals surface area contributed by atoms with E-state index in [4.69, 9.17) is 10.8 Å². The summed E-state index contributed by atoms with van der Waals surface area (Å²) in [5, 5.41) is 8.78. The molecular formula is C13H22N6. The van der Waals surface area contributed by atoms with Crippen LogP contribution in [0, 0.1) is 0 Å². The highest BCUT2D eigenvalue weighted by molar-refractivity contribution is 5.30. The molecule has 0 bridgehead atoms. The summed E-state index contributed by atoms with van der Waals surface area (Å²) in [6, 6.07) is 0.0122. The lowest BCUT2D eigenvalue weighted by molar-refractivity contribution is 0.581. The van der Waals surface area contributed by atoms with Crippen molar-refractivity contribution in [3.8, 4) is 0 Å². The van der Waals surface area contributed by atoms with Gasteiger partial charge in [0.05, 0.1) is 5.69 Å². The quantitative estimate of drug-likeness (QED) is 0.878. The smallest absolute Gasteiger partial charge is 0.148 e. The molecule has 2 heterocycles. The van der Waals surface area contributed by atoms with Crippen LogP contribution in [0.3, 0.4) is 0 Å². The first-order valence-electron chi connectivity index (χ1n) is 6.75. The molecule has 0 amide bonds. The highest BCUT2D eigenvalue weighted by atomic mass is 15.4. The lowest BCUT2D eigenvalue weighted by Crippen LogP contribution is -2.13.